The van der Waals surface area contributed by atoms with E-state index in [1.165, 1.54) is 122 Å². The molecule has 0 saturated carbocycles. The summed E-state index contributed by atoms with van der Waals surface area (Å²) in [6.07, 6.45) is 100. The zero-order valence-corrected chi connectivity index (χ0v) is 53.9. The van der Waals surface area contributed by atoms with Gasteiger partial charge in [0.25, 0.3) is 0 Å². The zero-order valence-electron chi connectivity index (χ0n) is 53.9. The van der Waals surface area contributed by atoms with Crippen LogP contribution in [0.2, 0.25) is 0 Å². The molecule has 0 spiro atoms. The second-order valence-corrected chi connectivity index (χ2v) is 22.3. The van der Waals surface area contributed by atoms with Crippen molar-refractivity contribution in [3.05, 3.63) is 146 Å². The summed E-state index contributed by atoms with van der Waals surface area (Å²) in [5.74, 6) is -0.895. The Morgan fingerprint density at radius 1 is 0.253 bits per heavy atom. The summed E-state index contributed by atoms with van der Waals surface area (Å²) in [6.45, 7) is 6.37. The van der Waals surface area contributed by atoms with Crippen LogP contribution in [0.15, 0.2) is 146 Å². The lowest BCUT2D eigenvalue weighted by Gasteiger charge is -2.18. The fraction of sp³-hybridized carbons (Fsp3) is 0.649. The molecule has 0 bridgehead atoms. The van der Waals surface area contributed by atoms with E-state index in [2.05, 4.69) is 167 Å². The van der Waals surface area contributed by atoms with E-state index in [9.17, 15) is 14.4 Å². The van der Waals surface area contributed by atoms with Crippen LogP contribution in [0, 0.1) is 0 Å². The van der Waals surface area contributed by atoms with Gasteiger partial charge in [0, 0.05) is 19.3 Å². The number of carbonyl (C=O) groups is 3. The number of allylic oxidation sites excluding steroid dienone is 24. The minimum atomic E-state index is -0.785. The fourth-order valence-electron chi connectivity index (χ4n) is 9.27. The molecule has 0 aromatic rings. The molecule has 0 rings (SSSR count). The average Bonchev–Trinajstić information content (AvgIpc) is 3.50. The maximum Gasteiger partial charge on any atom is 0.306 e. The lowest BCUT2D eigenvalue weighted by Crippen LogP contribution is -2.30. The number of esters is 3. The predicted octanol–water partition coefficient (Wildman–Crippen LogP) is 23.9. The number of ether oxygens (including phenoxy) is 3. The van der Waals surface area contributed by atoms with Crippen molar-refractivity contribution in [3.63, 3.8) is 0 Å². The van der Waals surface area contributed by atoms with Crippen molar-refractivity contribution in [1.29, 1.82) is 0 Å². The van der Waals surface area contributed by atoms with Gasteiger partial charge in [-0.15, -0.1) is 0 Å². The molecule has 0 aliphatic heterocycles. The maximum absolute atomic E-state index is 12.9. The van der Waals surface area contributed by atoms with Crippen LogP contribution >= 0.6 is 0 Å². The fourth-order valence-corrected chi connectivity index (χ4v) is 9.27. The third-order valence-corrected chi connectivity index (χ3v) is 14.3. The van der Waals surface area contributed by atoms with Gasteiger partial charge in [-0.05, 0) is 122 Å². The molecule has 0 heterocycles. The van der Waals surface area contributed by atoms with Gasteiger partial charge in [-0.1, -0.05) is 308 Å². The first-order chi connectivity index (χ1) is 41.0. The van der Waals surface area contributed by atoms with Crippen LogP contribution in [0.5, 0.6) is 0 Å². The molecule has 1 atom stereocenters. The van der Waals surface area contributed by atoms with Gasteiger partial charge in [0.15, 0.2) is 6.10 Å². The van der Waals surface area contributed by atoms with Gasteiger partial charge in [0.05, 0.1) is 0 Å². The Labute approximate surface area is 512 Å². The zero-order chi connectivity index (χ0) is 59.9. The Hall–Kier alpha value is -4.71. The second kappa shape index (κ2) is 69.8. The monoisotopic (exact) mass is 1150 g/mol. The standard InChI is InChI=1S/C77H126O6/c1-4-7-10-13-16-18-20-22-24-26-28-30-32-34-36-37-38-39-41-42-44-46-48-50-52-54-56-58-61-64-67-70-76(79)82-73-74(72-81-75(78)69-66-63-60-15-12-9-6-3)83-77(80)71-68-65-62-59-57-55-53-51-49-47-45-43-40-35-33-31-29-27-25-23-21-19-17-14-11-8-5-2/h7-8,10-11,16-19,22-25,28-31,34-36,38-40,42,44,74H,4-6,9,12-15,20-21,26-27,32-33,37,41,43,45-73H2,1-3H3/b10-7-,11-8-,18-16-,19-17-,24-22-,25-23-,30-28-,31-29-,36-34-,39-38-,40-35-,44-42-. The molecular weight excluding hydrogens is 1020 g/mol. The molecule has 6 heteroatoms. The van der Waals surface area contributed by atoms with Crippen LogP contribution in [-0.4, -0.2) is 37.2 Å². The van der Waals surface area contributed by atoms with Gasteiger partial charge in [-0.25, -0.2) is 0 Å². The van der Waals surface area contributed by atoms with E-state index < -0.39 is 6.10 Å². The summed E-state index contributed by atoms with van der Waals surface area (Å²) < 4.78 is 16.9. The van der Waals surface area contributed by atoms with E-state index in [0.29, 0.717) is 19.3 Å². The lowest BCUT2D eigenvalue weighted by atomic mass is 10.0. The second-order valence-electron chi connectivity index (χ2n) is 22.3. The van der Waals surface area contributed by atoms with Gasteiger partial charge in [-0.2, -0.15) is 0 Å². The molecule has 0 aromatic carbocycles. The van der Waals surface area contributed by atoms with Crippen molar-refractivity contribution in [1.82, 2.24) is 0 Å². The minimum Gasteiger partial charge on any atom is -0.462 e. The largest absolute Gasteiger partial charge is 0.462 e. The lowest BCUT2D eigenvalue weighted by molar-refractivity contribution is -0.167. The Bertz CT molecular complexity index is 1800. The van der Waals surface area contributed by atoms with Crippen molar-refractivity contribution in [3.8, 4) is 0 Å². The normalized spacial score (nSPS) is 13.0. The van der Waals surface area contributed by atoms with E-state index in [-0.39, 0.29) is 31.1 Å². The van der Waals surface area contributed by atoms with Crippen molar-refractivity contribution in [2.45, 2.75) is 309 Å². The van der Waals surface area contributed by atoms with Crippen molar-refractivity contribution in [2.24, 2.45) is 0 Å². The van der Waals surface area contributed by atoms with Crippen LogP contribution in [0.1, 0.15) is 303 Å². The Morgan fingerprint density at radius 2 is 0.470 bits per heavy atom. The number of carbonyl (C=O) groups excluding carboxylic acids is 3. The van der Waals surface area contributed by atoms with Crippen molar-refractivity contribution in [2.75, 3.05) is 13.2 Å². The SMILES string of the molecule is CC/C=C\C/C=C\C/C=C\C/C=C\C/C=C\C/C=C\C/C=C\CCCCCCCCCCCC(=O)OCC(COC(=O)CCCCCCCCC)OC(=O)CCCCCCCCCCCCC/C=C\C/C=C\C/C=C\C/C=C\C/C=C\CC. The summed E-state index contributed by atoms with van der Waals surface area (Å²) in [5.41, 5.74) is 0. The minimum absolute atomic E-state index is 0.0829. The van der Waals surface area contributed by atoms with Crippen LogP contribution < -0.4 is 0 Å². The maximum atomic E-state index is 12.9. The molecular formula is C77H126O6. The van der Waals surface area contributed by atoms with Gasteiger partial charge >= 0.3 is 17.9 Å². The van der Waals surface area contributed by atoms with Crippen LogP contribution in [-0.2, 0) is 28.6 Å². The molecule has 470 valence electrons. The molecule has 0 N–H and O–H groups in total. The topological polar surface area (TPSA) is 78.9 Å². The van der Waals surface area contributed by atoms with E-state index in [0.717, 1.165) is 141 Å². The molecule has 0 radical (unpaired) electrons. The molecule has 83 heavy (non-hydrogen) atoms. The van der Waals surface area contributed by atoms with Crippen LogP contribution in [0.3, 0.4) is 0 Å². The predicted molar refractivity (Wildman–Crippen MR) is 362 cm³/mol. The molecule has 1 unspecified atom stereocenters. The summed E-state index contributed by atoms with van der Waals surface area (Å²) in [6, 6.07) is 0. The molecule has 0 aromatic heterocycles. The van der Waals surface area contributed by atoms with Gasteiger partial charge in [-0.3, -0.25) is 14.4 Å². The van der Waals surface area contributed by atoms with Gasteiger partial charge < -0.3 is 14.2 Å². The third kappa shape index (κ3) is 68.0. The molecule has 0 saturated heterocycles. The number of unbranched alkanes of at least 4 members (excludes halogenated alkanes) is 26. The highest BCUT2D eigenvalue weighted by Gasteiger charge is 2.19. The van der Waals surface area contributed by atoms with Crippen molar-refractivity contribution >= 4 is 17.9 Å². The van der Waals surface area contributed by atoms with Crippen molar-refractivity contribution < 1.29 is 28.6 Å². The summed E-state index contributed by atoms with van der Waals surface area (Å²) in [4.78, 5) is 38.2. The molecule has 0 aliphatic rings. The van der Waals surface area contributed by atoms with E-state index in [1.807, 2.05) is 0 Å². The number of hydrogen-bond acceptors (Lipinski definition) is 6. The van der Waals surface area contributed by atoms with E-state index in [1.54, 1.807) is 0 Å². The van der Waals surface area contributed by atoms with Gasteiger partial charge in [0.1, 0.15) is 13.2 Å². The highest BCUT2D eigenvalue weighted by molar-refractivity contribution is 5.71. The Balaban J connectivity index is 4.15. The first-order valence-electron chi connectivity index (χ1n) is 34.3. The molecule has 0 aliphatic carbocycles. The highest BCUT2D eigenvalue weighted by Crippen LogP contribution is 2.16. The summed E-state index contributed by atoms with van der Waals surface area (Å²) in [7, 11) is 0. The van der Waals surface area contributed by atoms with E-state index in [4.69, 9.17) is 14.2 Å². The van der Waals surface area contributed by atoms with Gasteiger partial charge in [0.2, 0.25) is 0 Å². The van der Waals surface area contributed by atoms with Crippen LogP contribution in [0.25, 0.3) is 0 Å². The summed E-state index contributed by atoms with van der Waals surface area (Å²) >= 11 is 0. The number of rotatable bonds is 61. The Morgan fingerprint density at radius 3 is 0.735 bits per heavy atom. The smallest absolute Gasteiger partial charge is 0.306 e. The quantitative estimate of drug-likeness (QED) is 0.0261. The highest BCUT2D eigenvalue weighted by atomic mass is 16.6. The summed E-state index contributed by atoms with van der Waals surface area (Å²) in [5, 5.41) is 0. The molecule has 0 fully saturated rings. The third-order valence-electron chi connectivity index (χ3n) is 14.3. The first kappa shape index (κ1) is 78.3. The Kier molecular flexibility index (Phi) is 65.8. The van der Waals surface area contributed by atoms with E-state index >= 15 is 0 Å². The average molecular weight is 1150 g/mol. The molecule has 0 amide bonds. The van der Waals surface area contributed by atoms with Crippen LogP contribution in [0.4, 0.5) is 0 Å². The molecule has 6 nitrogen and oxygen atoms in total. The number of hydrogen-bond donors (Lipinski definition) is 0. The first-order valence-corrected chi connectivity index (χ1v) is 34.3.